The number of para-hydroxylation sites is 2. The fourth-order valence-electron chi connectivity index (χ4n) is 2.67. The highest BCUT2D eigenvalue weighted by atomic mass is 16.5. The first kappa shape index (κ1) is 19.9. The molecule has 3 rings (SSSR count). The van der Waals surface area contributed by atoms with Crippen LogP contribution in [0.2, 0.25) is 0 Å². The third kappa shape index (κ3) is 4.92. The van der Waals surface area contributed by atoms with Gasteiger partial charge in [-0.2, -0.15) is 0 Å². The van der Waals surface area contributed by atoms with Gasteiger partial charge in [0, 0.05) is 6.54 Å². The number of amides is 1. The SMILES string of the molecule is COc1ccccc1NC(=O)c1ccc(NCc2ccc(OC)c(OC)c2)nn1. The smallest absolute Gasteiger partial charge is 0.276 e. The molecule has 0 radical (unpaired) electrons. The van der Waals surface area contributed by atoms with Gasteiger partial charge in [0.05, 0.1) is 27.0 Å². The van der Waals surface area contributed by atoms with Crippen molar-refractivity contribution in [2.75, 3.05) is 32.0 Å². The van der Waals surface area contributed by atoms with Crippen molar-refractivity contribution in [3.8, 4) is 17.2 Å². The molecule has 0 spiro atoms. The highest BCUT2D eigenvalue weighted by Gasteiger charge is 2.11. The lowest BCUT2D eigenvalue weighted by molar-refractivity contribution is 0.102. The first-order chi connectivity index (χ1) is 14.1. The fourth-order valence-corrected chi connectivity index (χ4v) is 2.67. The van der Waals surface area contributed by atoms with Crippen LogP contribution < -0.4 is 24.8 Å². The first-order valence-electron chi connectivity index (χ1n) is 8.87. The third-order valence-electron chi connectivity index (χ3n) is 4.17. The van der Waals surface area contributed by atoms with Crippen LogP contribution >= 0.6 is 0 Å². The minimum atomic E-state index is -0.367. The van der Waals surface area contributed by atoms with Crippen molar-refractivity contribution in [1.82, 2.24) is 10.2 Å². The van der Waals surface area contributed by atoms with Crippen LogP contribution in [0.15, 0.2) is 54.6 Å². The average molecular weight is 394 g/mol. The molecular weight excluding hydrogens is 372 g/mol. The van der Waals surface area contributed by atoms with Crippen LogP contribution in [-0.4, -0.2) is 37.4 Å². The molecule has 29 heavy (non-hydrogen) atoms. The summed E-state index contributed by atoms with van der Waals surface area (Å²) in [5.74, 6) is 2.08. The van der Waals surface area contributed by atoms with Crippen molar-refractivity contribution in [2.24, 2.45) is 0 Å². The number of benzene rings is 2. The molecule has 2 aromatic carbocycles. The van der Waals surface area contributed by atoms with E-state index in [4.69, 9.17) is 14.2 Å². The second kappa shape index (κ2) is 9.41. The molecule has 1 heterocycles. The quantitative estimate of drug-likeness (QED) is 0.605. The van der Waals surface area contributed by atoms with Crippen molar-refractivity contribution in [3.63, 3.8) is 0 Å². The van der Waals surface area contributed by atoms with E-state index < -0.39 is 0 Å². The maximum absolute atomic E-state index is 12.4. The lowest BCUT2D eigenvalue weighted by atomic mass is 10.2. The van der Waals surface area contributed by atoms with Gasteiger partial charge in [-0.1, -0.05) is 18.2 Å². The van der Waals surface area contributed by atoms with E-state index in [-0.39, 0.29) is 11.6 Å². The lowest BCUT2D eigenvalue weighted by Gasteiger charge is -2.11. The highest BCUT2D eigenvalue weighted by molar-refractivity contribution is 6.03. The van der Waals surface area contributed by atoms with Crippen LogP contribution in [0.1, 0.15) is 16.1 Å². The minimum absolute atomic E-state index is 0.201. The molecule has 0 aliphatic carbocycles. The van der Waals surface area contributed by atoms with E-state index in [1.165, 1.54) is 0 Å². The van der Waals surface area contributed by atoms with E-state index in [1.54, 1.807) is 45.6 Å². The molecule has 150 valence electrons. The van der Waals surface area contributed by atoms with Crippen LogP contribution in [0.4, 0.5) is 11.5 Å². The van der Waals surface area contributed by atoms with Gasteiger partial charge in [0.1, 0.15) is 11.6 Å². The average Bonchev–Trinajstić information content (AvgIpc) is 2.78. The van der Waals surface area contributed by atoms with E-state index in [2.05, 4.69) is 20.8 Å². The van der Waals surface area contributed by atoms with Gasteiger partial charge in [-0.3, -0.25) is 4.79 Å². The van der Waals surface area contributed by atoms with Crippen molar-refractivity contribution in [2.45, 2.75) is 6.54 Å². The van der Waals surface area contributed by atoms with E-state index in [9.17, 15) is 4.79 Å². The van der Waals surface area contributed by atoms with E-state index in [1.807, 2.05) is 30.3 Å². The van der Waals surface area contributed by atoms with Crippen LogP contribution in [0.5, 0.6) is 17.2 Å². The number of ether oxygens (including phenoxy) is 3. The summed E-state index contributed by atoms with van der Waals surface area (Å²) in [5.41, 5.74) is 1.76. The molecule has 8 nitrogen and oxygen atoms in total. The zero-order valence-electron chi connectivity index (χ0n) is 16.4. The molecule has 0 aliphatic rings. The summed E-state index contributed by atoms with van der Waals surface area (Å²) in [5, 5.41) is 14.0. The second-order valence-electron chi connectivity index (χ2n) is 6.00. The minimum Gasteiger partial charge on any atom is -0.495 e. The van der Waals surface area contributed by atoms with E-state index >= 15 is 0 Å². The van der Waals surface area contributed by atoms with Gasteiger partial charge in [-0.15, -0.1) is 10.2 Å². The molecule has 1 amide bonds. The Morgan fingerprint density at radius 1 is 0.862 bits per heavy atom. The second-order valence-corrected chi connectivity index (χ2v) is 6.00. The fraction of sp³-hybridized carbons (Fsp3) is 0.190. The molecule has 0 saturated heterocycles. The zero-order valence-corrected chi connectivity index (χ0v) is 16.4. The first-order valence-corrected chi connectivity index (χ1v) is 8.87. The number of carbonyl (C=O) groups is 1. The predicted octanol–water partition coefficient (Wildman–Crippen LogP) is 3.37. The number of hydrogen-bond donors (Lipinski definition) is 2. The molecule has 0 bridgehead atoms. The van der Waals surface area contributed by atoms with Crippen molar-refractivity contribution < 1.29 is 19.0 Å². The topological polar surface area (TPSA) is 94.6 Å². The van der Waals surface area contributed by atoms with Crippen molar-refractivity contribution >= 4 is 17.4 Å². The maximum atomic E-state index is 12.4. The molecular formula is C21H22N4O4. The number of hydrogen-bond acceptors (Lipinski definition) is 7. The highest BCUT2D eigenvalue weighted by Crippen LogP contribution is 2.28. The number of nitrogens with zero attached hydrogens (tertiary/aromatic N) is 2. The number of nitrogens with one attached hydrogen (secondary N) is 2. The Morgan fingerprint density at radius 2 is 1.62 bits per heavy atom. The largest absolute Gasteiger partial charge is 0.495 e. The standard InChI is InChI=1S/C21H22N4O4/c1-27-17-7-5-4-6-15(17)23-21(26)16-9-11-20(25-24-16)22-13-14-8-10-18(28-2)19(12-14)29-3/h4-12H,13H2,1-3H3,(H,22,25)(H,23,26). The predicted molar refractivity (Wildman–Crippen MR) is 110 cm³/mol. The Hall–Kier alpha value is -3.81. The number of aromatic nitrogens is 2. The van der Waals surface area contributed by atoms with Gasteiger partial charge >= 0.3 is 0 Å². The lowest BCUT2D eigenvalue weighted by Crippen LogP contribution is -2.15. The van der Waals surface area contributed by atoms with E-state index in [0.717, 1.165) is 5.56 Å². The van der Waals surface area contributed by atoms with Gasteiger partial charge in [0.15, 0.2) is 17.2 Å². The number of rotatable bonds is 8. The van der Waals surface area contributed by atoms with Gasteiger partial charge in [-0.05, 0) is 42.0 Å². The van der Waals surface area contributed by atoms with Crippen LogP contribution in [-0.2, 0) is 6.54 Å². The monoisotopic (exact) mass is 394 g/mol. The summed E-state index contributed by atoms with van der Waals surface area (Å²) in [4.78, 5) is 12.4. The molecule has 2 N–H and O–H groups in total. The summed E-state index contributed by atoms with van der Waals surface area (Å²) in [6.45, 7) is 0.516. The summed E-state index contributed by atoms with van der Waals surface area (Å²) in [6.07, 6.45) is 0. The van der Waals surface area contributed by atoms with Crippen molar-refractivity contribution in [3.05, 3.63) is 65.9 Å². The number of anilines is 2. The Balaban J connectivity index is 1.62. The van der Waals surface area contributed by atoms with Crippen LogP contribution in [0.3, 0.4) is 0 Å². The Morgan fingerprint density at radius 3 is 2.31 bits per heavy atom. The normalized spacial score (nSPS) is 10.2. The maximum Gasteiger partial charge on any atom is 0.276 e. The number of carbonyl (C=O) groups excluding carboxylic acids is 1. The molecule has 0 atom stereocenters. The zero-order chi connectivity index (χ0) is 20.6. The van der Waals surface area contributed by atoms with Crippen molar-refractivity contribution in [1.29, 1.82) is 0 Å². The molecule has 1 aromatic heterocycles. The van der Waals surface area contributed by atoms with Crippen LogP contribution in [0, 0.1) is 0 Å². The summed E-state index contributed by atoms with van der Waals surface area (Å²) < 4.78 is 15.8. The Kier molecular flexibility index (Phi) is 6.47. The van der Waals surface area contributed by atoms with Gasteiger partial charge < -0.3 is 24.8 Å². The van der Waals surface area contributed by atoms with Gasteiger partial charge in [0.25, 0.3) is 5.91 Å². The molecule has 0 saturated carbocycles. The third-order valence-corrected chi connectivity index (χ3v) is 4.17. The molecule has 3 aromatic rings. The Labute approximate surface area is 168 Å². The molecule has 0 unspecified atom stereocenters. The Bertz CT molecular complexity index is 977. The molecule has 0 fully saturated rings. The van der Waals surface area contributed by atoms with Gasteiger partial charge in [-0.25, -0.2) is 0 Å². The summed E-state index contributed by atoms with van der Waals surface area (Å²) >= 11 is 0. The summed E-state index contributed by atoms with van der Waals surface area (Å²) in [7, 11) is 4.73. The molecule has 8 heteroatoms. The van der Waals surface area contributed by atoms with E-state index in [0.29, 0.717) is 35.3 Å². The molecule has 0 aliphatic heterocycles. The number of methoxy groups -OCH3 is 3. The van der Waals surface area contributed by atoms with Crippen LogP contribution in [0.25, 0.3) is 0 Å². The summed E-state index contributed by atoms with van der Waals surface area (Å²) in [6, 6.07) is 16.1. The van der Waals surface area contributed by atoms with Gasteiger partial charge in [0.2, 0.25) is 0 Å².